The summed E-state index contributed by atoms with van der Waals surface area (Å²) in [5.41, 5.74) is 1.67. The van der Waals surface area contributed by atoms with Gasteiger partial charge in [-0.3, -0.25) is 4.79 Å². The predicted octanol–water partition coefficient (Wildman–Crippen LogP) is 5.10. The molecule has 0 saturated carbocycles. The van der Waals surface area contributed by atoms with Gasteiger partial charge in [0.2, 0.25) is 0 Å². The molecule has 0 spiro atoms. The van der Waals surface area contributed by atoms with Crippen LogP contribution in [0.15, 0.2) is 46.6 Å². The number of nitrogens with one attached hydrogen (secondary N) is 1. The third kappa shape index (κ3) is 3.30. The van der Waals surface area contributed by atoms with E-state index in [0.29, 0.717) is 11.5 Å². The Bertz CT molecular complexity index is 996. The first-order valence-corrected chi connectivity index (χ1v) is 10.4. The van der Waals surface area contributed by atoms with E-state index in [9.17, 15) is 4.79 Å². The van der Waals surface area contributed by atoms with Crippen molar-refractivity contribution < 1.29 is 0 Å². The molecule has 0 radical (unpaired) electrons. The number of para-hydroxylation sites is 1. The van der Waals surface area contributed by atoms with Crippen LogP contribution in [0.5, 0.6) is 0 Å². The summed E-state index contributed by atoms with van der Waals surface area (Å²) in [7, 11) is 0. The smallest absolute Gasteiger partial charge is 0.300 e. The first-order valence-electron chi connectivity index (χ1n) is 9.56. The number of fused-ring (bicyclic) bond motifs is 3. The molecular weight excluding hydrogens is 356 g/mol. The molecule has 0 bridgehead atoms. The van der Waals surface area contributed by atoms with Crippen LogP contribution >= 0.6 is 11.3 Å². The number of thiophene rings is 1. The van der Waals surface area contributed by atoms with E-state index < -0.39 is 5.66 Å². The van der Waals surface area contributed by atoms with E-state index in [1.54, 1.807) is 0 Å². The molecule has 0 fully saturated rings. The molecule has 1 aliphatic heterocycles. The van der Waals surface area contributed by atoms with E-state index in [2.05, 4.69) is 24.1 Å². The number of anilines is 1. The lowest BCUT2D eigenvalue weighted by atomic mass is 9.98. The topological polar surface area (TPSA) is 59.8 Å². The van der Waals surface area contributed by atoms with E-state index in [-0.39, 0.29) is 5.56 Å². The Balaban J connectivity index is 1.83. The number of hydrogen-bond donors (Lipinski definition) is 1. The van der Waals surface area contributed by atoms with Crippen LogP contribution in [0.2, 0.25) is 0 Å². The van der Waals surface area contributed by atoms with Crippen molar-refractivity contribution in [2.45, 2.75) is 51.6 Å². The van der Waals surface area contributed by atoms with E-state index >= 15 is 0 Å². The van der Waals surface area contributed by atoms with Gasteiger partial charge in [-0.15, -0.1) is 11.3 Å². The summed E-state index contributed by atoms with van der Waals surface area (Å²) in [5, 5.41) is 10.4. The minimum Gasteiger partial charge on any atom is -0.361 e. The maximum Gasteiger partial charge on any atom is 0.300 e. The highest BCUT2D eigenvalue weighted by Crippen LogP contribution is 2.39. The van der Waals surface area contributed by atoms with Gasteiger partial charge in [0.05, 0.1) is 4.88 Å². The second kappa shape index (κ2) is 7.27. The summed E-state index contributed by atoms with van der Waals surface area (Å²) < 4.78 is 1.93. The fourth-order valence-corrected chi connectivity index (χ4v) is 4.37. The lowest BCUT2D eigenvalue weighted by Crippen LogP contribution is -2.45. The molecule has 0 aliphatic carbocycles. The summed E-state index contributed by atoms with van der Waals surface area (Å²) in [4.78, 5) is 18.0. The zero-order valence-electron chi connectivity index (χ0n) is 15.7. The summed E-state index contributed by atoms with van der Waals surface area (Å²) >= 11 is 1.51. The summed E-state index contributed by atoms with van der Waals surface area (Å²) in [6, 6.07) is 11.9. The van der Waals surface area contributed by atoms with Crippen LogP contribution in [-0.2, 0) is 5.66 Å². The van der Waals surface area contributed by atoms with Gasteiger partial charge in [0.25, 0.3) is 0 Å². The van der Waals surface area contributed by atoms with Crippen molar-refractivity contribution in [3.8, 4) is 22.0 Å². The van der Waals surface area contributed by atoms with Crippen LogP contribution in [0.3, 0.4) is 0 Å². The van der Waals surface area contributed by atoms with Crippen molar-refractivity contribution in [2.75, 3.05) is 5.32 Å². The fourth-order valence-electron chi connectivity index (χ4n) is 3.67. The molecular formula is C21H24N4OS. The lowest BCUT2D eigenvalue weighted by Gasteiger charge is -2.39. The van der Waals surface area contributed by atoms with Crippen LogP contribution in [0, 0.1) is 0 Å². The minimum atomic E-state index is -0.413. The summed E-state index contributed by atoms with van der Waals surface area (Å²) in [6.07, 6.45) is 5.65. The van der Waals surface area contributed by atoms with Crippen LogP contribution in [0.4, 0.5) is 5.69 Å². The van der Waals surface area contributed by atoms with Crippen LogP contribution in [-0.4, -0.2) is 14.8 Å². The highest BCUT2D eigenvalue weighted by molar-refractivity contribution is 7.13. The second-order valence-electron chi connectivity index (χ2n) is 7.23. The normalized spacial score (nSPS) is 17.9. The van der Waals surface area contributed by atoms with Gasteiger partial charge in [-0.05, 0) is 43.3 Å². The molecule has 4 rings (SSSR count). The van der Waals surface area contributed by atoms with E-state index in [1.165, 1.54) is 30.6 Å². The number of nitrogens with zero attached hydrogens (tertiary/aromatic N) is 3. The van der Waals surface area contributed by atoms with Crippen molar-refractivity contribution >= 4 is 17.0 Å². The van der Waals surface area contributed by atoms with Crippen molar-refractivity contribution in [3.05, 3.63) is 52.1 Å². The van der Waals surface area contributed by atoms with E-state index in [1.807, 2.05) is 46.5 Å². The Kier molecular flexibility index (Phi) is 4.83. The minimum absolute atomic E-state index is 0.270. The van der Waals surface area contributed by atoms with Crippen LogP contribution in [0.1, 0.15) is 46.0 Å². The highest BCUT2D eigenvalue weighted by atomic mass is 32.1. The van der Waals surface area contributed by atoms with Gasteiger partial charge in [-0.2, -0.15) is 10.1 Å². The molecule has 140 valence electrons. The molecule has 1 atom stereocenters. The second-order valence-corrected chi connectivity index (χ2v) is 8.18. The molecule has 1 aromatic carbocycles. The summed E-state index contributed by atoms with van der Waals surface area (Å²) in [5.74, 6) is 0.646. The van der Waals surface area contributed by atoms with Gasteiger partial charge < -0.3 is 5.32 Å². The molecule has 0 unspecified atom stereocenters. The Labute approximate surface area is 163 Å². The van der Waals surface area contributed by atoms with Gasteiger partial charge in [0.15, 0.2) is 11.5 Å². The van der Waals surface area contributed by atoms with Gasteiger partial charge in [0, 0.05) is 11.3 Å². The SMILES string of the molecule is CCCCCC[C@@]1(C)Nc2ccccc2-c2nc(=O)c(-c3cccs3)nn21. The number of unbranched alkanes of at least 4 members (excludes halogenated alkanes) is 3. The molecule has 2 aromatic heterocycles. The maximum atomic E-state index is 12.7. The lowest BCUT2D eigenvalue weighted by molar-refractivity contribution is 0.289. The van der Waals surface area contributed by atoms with Crippen molar-refractivity contribution in [3.63, 3.8) is 0 Å². The van der Waals surface area contributed by atoms with Gasteiger partial charge >= 0.3 is 5.56 Å². The number of aromatic nitrogens is 3. The molecule has 5 nitrogen and oxygen atoms in total. The number of hydrogen-bond acceptors (Lipinski definition) is 5. The Morgan fingerprint density at radius 2 is 2.00 bits per heavy atom. The largest absolute Gasteiger partial charge is 0.361 e. The zero-order valence-corrected chi connectivity index (χ0v) is 16.6. The fraction of sp³-hybridized carbons (Fsp3) is 0.381. The molecule has 3 aromatic rings. The summed E-state index contributed by atoms with van der Waals surface area (Å²) in [6.45, 7) is 4.37. The van der Waals surface area contributed by atoms with Crippen LogP contribution in [0.25, 0.3) is 22.0 Å². The molecule has 1 N–H and O–H groups in total. The number of benzene rings is 1. The highest BCUT2D eigenvalue weighted by Gasteiger charge is 2.35. The van der Waals surface area contributed by atoms with E-state index in [4.69, 9.17) is 5.10 Å². The zero-order chi connectivity index (χ0) is 18.9. The predicted molar refractivity (Wildman–Crippen MR) is 111 cm³/mol. The average Bonchev–Trinajstić information content (AvgIpc) is 3.19. The van der Waals surface area contributed by atoms with Gasteiger partial charge in [0.1, 0.15) is 5.66 Å². The van der Waals surface area contributed by atoms with E-state index in [0.717, 1.165) is 29.0 Å². The standard InChI is InChI=1S/C21H24N4OS/c1-3-4-5-8-13-21(2)23-16-11-7-6-10-15(16)19-22-20(26)18(24-25(19)21)17-12-9-14-27-17/h6-7,9-12,14,23H,3-5,8,13H2,1-2H3/t21-/m0/s1. The van der Waals surface area contributed by atoms with Gasteiger partial charge in [-0.1, -0.05) is 44.4 Å². The molecule has 27 heavy (non-hydrogen) atoms. The van der Waals surface area contributed by atoms with Crippen molar-refractivity contribution in [1.29, 1.82) is 0 Å². The Morgan fingerprint density at radius 1 is 1.15 bits per heavy atom. The molecule has 1 aliphatic rings. The molecule has 0 saturated heterocycles. The molecule has 3 heterocycles. The van der Waals surface area contributed by atoms with Crippen LogP contribution < -0.4 is 10.9 Å². The van der Waals surface area contributed by atoms with Gasteiger partial charge in [-0.25, -0.2) is 4.68 Å². The Hall–Kier alpha value is -2.47. The van der Waals surface area contributed by atoms with Crippen molar-refractivity contribution in [1.82, 2.24) is 14.8 Å². The first kappa shape index (κ1) is 17.9. The van der Waals surface area contributed by atoms with Crippen molar-refractivity contribution in [2.24, 2.45) is 0 Å². The average molecular weight is 381 g/mol. The Morgan fingerprint density at radius 3 is 2.78 bits per heavy atom. The quantitative estimate of drug-likeness (QED) is 0.604. The molecule has 0 amide bonds. The first-order chi connectivity index (χ1) is 13.1. The third-order valence-electron chi connectivity index (χ3n) is 5.12. The maximum absolute atomic E-state index is 12.7. The monoisotopic (exact) mass is 380 g/mol. The molecule has 6 heteroatoms. The number of rotatable bonds is 6. The third-order valence-corrected chi connectivity index (χ3v) is 6.00.